The molecule has 0 aromatic heterocycles. The van der Waals surface area contributed by atoms with Gasteiger partial charge in [-0.25, -0.2) is 0 Å². The molecule has 2 rings (SSSR count). The molecule has 2 fully saturated rings. The number of hydrogen-bond donors (Lipinski definition) is 1. The first kappa shape index (κ1) is 11.6. The molecule has 0 aliphatic heterocycles. The van der Waals surface area contributed by atoms with Crippen molar-refractivity contribution in [1.82, 2.24) is 0 Å². The second-order valence-corrected chi connectivity index (χ2v) is 5.39. The molecule has 0 unspecified atom stereocenters. The molecule has 0 spiro atoms. The van der Waals surface area contributed by atoms with Crippen LogP contribution in [0.3, 0.4) is 0 Å². The van der Waals surface area contributed by atoms with Gasteiger partial charge in [0.25, 0.3) is 0 Å². The number of nitriles is 1. The molecule has 0 saturated heterocycles. The molecule has 0 radical (unpaired) electrons. The minimum Gasteiger partial charge on any atom is -0.389 e. The van der Waals surface area contributed by atoms with Crippen LogP contribution >= 0.6 is 0 Å². The van der Waals surface area contributed by atoms with Gasteiger partial charge in [0.05, 0.1) is 11.7 Å². The molecule has 2 atom stereocenters. The van der Waals surface area contributed by atoms with Gasteiger partial charge in [-0.1, -0.05) is 12.8 Å². The van der Waals surface area contributed by atoms with Crippen molar-refractivity contribution in [2.24, 2.45) is 5.41 Å². The summed E-state index contributed by atoms with van der Waals surface area (Å²) in [5.74, 6) is 0.192. The van der Waals surface area contributed by atoms with E-state index in [2.05, 4.69) is 6.07 Å². The van der Waals surface area contributed by atoms with Crippen LogP contribution in [0.4, 0.5) is 0 Å². The van der Waals surface area contributed by atoms with Gasteiger partial charge in [-0.15, -0.1) is 0 Å². The quantitative estimate of drug-likeness (QED) is 0.778. The maximum Gasteiger partial charge on any atom is 0.135 e. The molecule has 0 heterocycles. The fraction of sp³-hybridized carbons (Fsp3) is 0.846. The van der Waals surface area contributed by atoms with E-state index >= 15 is 0 Å². The highest BCUT2D eigenvalue weighted by Crippen LogP contribution is 2.54. The van der Waals surface area contributed by atoms with E-state index in [1.54, 1.807) is 0 Å². The van der Waals surface area contributed by atoms with Crippen molar-refractivity contribution in [1.29, 1.82) is 5.26 Å². The summed E-state index contributed by atoms with van der Waals surface area (Å²) < 4.78 is 0. The Balaban J connectivity index is 2.22. The lowest BCUT2D eigenvalue weighted by atomic mass is 9.54. The van der Waals surface area contributed by atoms with E-state index in [0.717, 1.165) is 38.5 Å². The summed E-state index contributed by atoms with van der Waals surface area (Å²) in [5.41, 5.74) is -0.952. The summed E-state index contributed by atoms with van der Waals surface area (Å²) in [6, 6.07) is 2.18. The lowest BCUT2D eigenvalue weighted by Gasteiger charge is -2.53. The lowest BCUT2D eigenvalue weighted by molar-refractivity contribution is -0.161. The first-order chi connectivity index (χ1) is 7.62. The normalized spacial score (nSPS) is 38.9. The van der Waals surface area contributed by atoms with Crippen LogP contribution in [0.2, 0.25) is 0 Å². The molecule has 2 aliphatic carbocycles. The number of ketones is 1. The molecule has 0 aromatic rings. The molecule has 16 heavy (non-hydrogen) atoms. The molecule has 2 aliphatic rings. The predicted octanol–water partition coefficient (Wildman–Crippen LogP) is 2.33. The van der Waals surface area contributed by atoms with Gasteiger partial charge < -0.3 is 5.11 Å². The SMILES string of the molecule is N#CCC[C@@]12CCCC[C@]1(O)CC(=O)CC2. The fourth-order valence-electron chi connectivity index (χ4n) is 3.58. The van der Waals surface area contributed by atoms with Gasteiger partial charge in [-0.05, 0) is 25.7 Å². The number of fused-ring (bicyclic) bond motifs is 1. The van der Waals surface area contributed by atoms with Crippen molar-refractivity contribution >= 4 is 5.78 Å². The lowest BCUT2D eigenvalue weighted by Crippen LogP contribution is -2.54. The largest absolute Gasteiger partial charge is 0.389 e. The number of hydrogen-bond acceptors (Lipinski definition) is 3. The minimum atomic E-state index is -0.808. The Hall–Kier alpha value is -0.880. The van der Waals surface area contributed by atoms with Crippen molar-refractivity contribution in [2.45, 2.75) is 63.4 Å². The van der Waals surface area contributed by atoms with Crippen LogP contribution in [-0.2, 0) is 4.79 Å². The van der Waals surface area contributed by atoms with E-state index in [1.165, 1.54) is 0 Å². The number of aliphatic hydroxyl groups is 1. The van der Waals surface area contributed by atoms with Gasteiger partial charge in [0, 0.05) is 24.7 Å². The van der Waals surface area contributed by atoms with E-state index in [9.17, 15) is 9.90 Å². The van der Waals surface area contributed by atoms with Crippen LogP contribution in [0, 0.1) is 16.7 Å². The summed E-state index contributed by atoms with van der Waals surface area (Å²) in [5, 5.41) is 19.4. The van der Waals surface area contributed by atoms with Gasteiger partial charge >= 0.3 is 0 Å². The summed E-state index contributed by atoms with van der Waals surface area (Å²) in [6.07, 6.45) is 6.81. The summed E-state index contributed by atoms with van der Waals surface area (Å²) in [6.45, 7) is 0. The third-order valence-electron chi connectivity index (χ3n) is 4.57. The van der Waals surface area contributed by atoms with Crippen molar-refractivity contribution in [2.75, 3.05) is 0 Å². The molecule has 0 bridgehead atoms. The van der Waals surface area contributed by atoms with Gasteiger partial charge in [-0.2, -0.15) is 5.26 Å². The van der Waals surface area contributed by atoms with Crippen molar-refractivity contribution < 1.29 is 9.90 Å². The standard InChI is InChI=1S/C13H19NO2/c14-9-3-6-12-5-1-2-7-13(12,16)10-11(15)4-8-12/h16H,1-8,10H2/t12-,13+/m1/s1. The Morgan fingerprint density at radius 3 is 2.81 bits per heavy atom. The maximum atomic E-state index is 11.5. The molecule has 1 N–H and O–H groups in total. The highest BCUT2D eigenvalue weighted by Gasteiger charge is 2.54. The minimum absolute atomic E-state index is 0.144. The molecule has 2 saturated carbocycles. The predicted molar refractivity (Wildman–Crippen MR) is 59.6 cm³/mol. The third-order valence-corrected chi connectivity index (χ3v) is 4.57. The molecule has 0 aromatic carbocycles. The van der Waals surface area contributed by atoms with E-state index in [-0.39, 0.29) is 11.2 Å². The van der Waals surface area contributed by atoms with Gasteiger partial charge in [0.15, 0.2) is 0 Å². The number of carbonyl (C=O) groups is 1. The van der Waals surface area contributed by atoms with E-state index in [1.807, 2.05) is 0 Å². The monoisotopic (exact) mass is 221 g/mol. The summed E-state index contributed by atoms with van der Waals surface area (Å²) in [7, 11) is 0. The van der Waals surface area contributed by atoms with E-state index < -0.39 is 5.60 Å². The van der Waals surface area contributed by atoms with Crippen LogP contribution < -0.4 is 0 Å². The zero-order valence-corrected chi connectivity index (χ0v) is 9.67. The smallest absolute Gasteiger partial charge is 0.135 e. The number of nitrogens with zero attached hydrogens (tertiary/aromatic N) is 1. The Bertz CT molecular complexity index is 333. The third kappa shape index (κ3) is 1.76. The van der Waals surface area contributed by atoms with Crippen LogP contribution in [0.1, 0.15) is 57.8 Å². The average molecular weight is 221 g/mol. The highest BCUT2D eigenvalue weighted by atomic mass is 16.3. The number of carbonyl (C=O) groups excluding carboxylic acids is 1. The van der Waals surface area contributed by atoms with Gasteiger partial charge in [-0.3, -0.25) is 4.79 Å². The van der Waals surface area contributed by atoms with Crippen molar-refractivity contribution in [3.8, 4) is 6.07 Å². The van der Waals surface area contributed by atoms with Crippen molar-refractivity contribution in [3.63, 3.8) is 0 Å². The Morgan fingerprint density at radius 2 is 2.06 bits per heavy atom. The van der Waals surface area contributed by atoms with Gasteiger partial charge in [0.2, 0.25) is 0 Å². The van der Waals surface area contributed by atoms with Crippen molar-refractivity contribution in [3.05, 3.63) is 0 Å². The highest BCUT2D eigenvalue weighted by molar-refractivity contribution is 5.80. The first-order valence-electron chi connectivity index (χ1n) is 6.23. The Morgan fingerprint density at radius 1 is 1.31 bits per heavy atom. The van der Waals surface area contributed by atoms with Crippen LogP contribution in [0.5, 0.6) is 0 Å². The number of rotatable bonds is 2. The molecule has 88 valence electrons. The molecule has 3 heteroatoms. The topological polar surface area (TPSA) is 61.1 Å². The Labute approximate surface area is 96.5 Å². The molecular formula is C13H19NO2. The maximum absolute atomic E-state index is 11.5. The molecule has 3 nitrogen and oxygen atoms in total. The molecular weight excluding hydrogens is 202 g/mol. The van der Waals surface area contributed by atoms with E-state index in [0.29, 0.717) is 19.3 Å². The zero-order valence-electron chi connectivity index (χ0n) is 9.67. The second-order valence-electron chi connectivity index (χ2n) is 5.39. The van der Waals surface area contributed by atoms with Crippen LogP contribution in [0.25, 0.3) is 0 Å². The second kappa shape index (κ2) is 4.18. The number of Topliss-reactive ketones (excluding diaryl/α,β-unsaturated/α-hetero) is 1. The van der Waals surface area contributed by atoms with Crippen LogP contribution in [-0.4, -0.2) is 16.5 Å². The summed E-state index contributed by atoms with van der Waals surface area (Å²) >= 11 is 0. The molecule has 0 amide bonds. The fourth-order valence-corrected chi connectivity index (χ4v) is 3.58. The van der Waals surface area contributed by atoms with Crippen LogP contribution in [0.15, 0.2) is 0 Å². The van der Waals surface area contributed by atoms with E-state index in [4.69, 9.17) is 5.26 Å². The zero-order chi connectivity index (χ0) is 11.6. The Kier molecular flexibility index (Phi) is 3.03. The average Bonchev–Trinajstić information content (AvgIpc) is 2.26. The first-order valence-corrected chi connectivity index (χ1v) is 6.23. The van der Waals surface area contributed by atoms with Gasteiger partial charge in [0.1, 0.15) is 5.78 Å². The summed E-state index contributed by atoms with van der Waals surface area (Å²) in [4.78, 5) is 11.5.